The molecule has 124 valence electrons. The Morgan fingerprint density at radius 2 is 2.26 bits per heavy atom. The van der Waals surface area contributed by atoms with Crippen LogP contribution >= 0.6 is 11.3 Å². The van der Waals surface area contributed by atoms with Gasteiger partial charge in [0, 0.05) is 17.7 Å². The predicted octanol–water partition coefficient (Wildman–Crippen LogP) is 1.40. The summed E-state index contributed by atoms with van der Waals surface area (Å²) < 4.78 is 29.3. The summed E-state index contributed by atoms with van der Waals surface area (Å²) in [5.41, 5.74) is 0.397. The molecular formula is C14H17N3O4S2. The van der Waals surface area contributed by atoms with Crippen molar-refractivity contribution < 1.29 is 17.9 Å². The SMILES string of the molecule is Cc1ccc(C(=O)N2CCOCC2c2[nH]ncc2S(C)(=O)=O)s1. The highest BCUT2D eigenvalue weighted by atomic mass is 32.2. The zero-order chi connectivity index (χ0) is 16.6. The van der Waals surface area contributed by atoms with Crippen LogP contribution in [0.3, 0.4) is 0 Å². The maximum Gasteiger partial charge on any atom is 0.264 e. The Labute approximate surface area is 138 Å². The fraction of sp³-hybridized carbons (Fsp3) is 0.429. The maximum absolute atomic E-state index is 12.8. The molecule has 9 heteroatoms. The number of carbonyl (C=O) groups is 1. The van der Waals surface area contributed by atoms with Gasteiger partial charge in [0.2, 0.25) is 0 Å². The van der Waals surface area contributed by atoms with Crippen molar-refractivity contribution in [3.05, 3.63) is 33.8 Å². The second-order valence-corrected chi connectivity index (χ2v) is 8.69. The topological polar surface area (TPSA) is 92.4 Å². The minimum Gasteiger partial charge on any atom is -0.377 e. The summed E-state index contributed by atoms with van der Waals surface area (Å²) in [6.45, 7) is 3.01. The molecule has 2 aromatic heterocycles. The number of morpholine rings is 1. The summed E-state index contributed by atoms with van der Waals surface area (Å²) in [7, 11) is -3.43. The Bertz CT molecular complexity index is 825. The van der Waals surface area contributed by atoms with Crippen molar-refractivity contribution in [2.24, 2.45) is 0 Å². The molecule has 0 bridgehead atoms. The maximum atomic E-state index is 12.8. The number of carbonyl (C=O) groups excluding carboxylic acids is 1. The van der Waals surface area contributed by atoms with E-state index in [2.05, 4.69) is 10.2 Å². The van der Waals surface area contributed by atoms with Gasteiger partial charge in [-0.3, -0.25) is 9.89 Å². The number of hydrogen-bond donors (Lipinski definition) is 1. The molecule has 0 saturated carbocycles. The van der Waals surface area contributed by atoms with E-state index in [9.17, 15) is 13.2 Å². The molecule has 1 aliphatic rings. The Kier molecular flexibility index (Phi) is 4.26. The van der Waals surface area contributed by atoms with Crippen molar-refractivity contribution in [1.82, 2.24) is 15.1 Å². The summed E-state index contributed by atoms with van der Waals surface area (Å²) in [6, 6.07) is 3.19. The number of nitrogens with zero attached hydrogens (tertiary/aromatic N) is 2. The monoisotopic (exact) mass is 355 g/mol. The number of aromatic nitrogens is 2. The zero-order valence-corrected chi connectivity index (χ0v) is 14.4. The lowest BCUT2D eigenvalue weighted by molar-refractivity contribution is -0.00442. The predicted molar refractivity (Wildman–Crippen MR) is 85.4 cm³/mol. The molecule has 1 amide bonds. The van der Waals surface area contributed by atoms with Crippen LogP contribution in [0.5, 0.6) is 0 Å². The third-order valence-corrected chi connectivity index (χ3v) is 5.82. The summed E-state index contributed by atoms with van der Waals surface area (Å²) in [5, 5.41) is 6.56. The van der Waals surface area contributed by atoms with Gasteiger partial charge in [0.05, 0.1) is 36.0 Å². The van der Waals surface area contributed by atoms with E-state index in [0.717, 1.165) is 11.1 Å². The van der Waals surface area contributed by atoms with Gasteiger partial charge < -0.3 is 9.64 Å². The molecule has 0 radical (unpaired) electrons. The van der Waals surface area contributed by atoms with Gasteiger partial charge in [0.15, 0.2) is 9.84 Å². The minimum absolute atomic E-state index is 0.105. The van der Waals surface area contributed by atoms with Gasteiger partial charge in [-0.25, -0.2) is 8.42 Å². The van der Waals surface area contributed by atoms with Crippen LogP contribution in [0.2, 0.25) is 0 Å². The summed E-state index contributed by atoms with van der Waals surface area (Å²) in [5.74, 6) is -0.120. The molecule has 0 aliphatic carbocycles. The van der Waals surface area contributed by atoms with Crippen molar-refractivity contribution >= 4 is 27.1 Å². The summed E-state index contributed by atoms with van der Waals surface area (Å²) in [6.07, 6.45) is 2.40. The second-order valence-electron chi connectivity index (χ2n) is 5.42. The van der Waals surface area contributed by atoms with Crippen LogP contribution in [0.4, 0.5) is 0 Å². The third-order valence-electron chi connectivity index (χ3n) is 3.71. The molecule has 1 unspecified atom stereocenters. The number of H-pyrrole nitrogens is 1. The number of nitrogens with one attached hydrogen (secondary N) is 1. The average molecular weight is 355 g/mol. The normalized spacial score (nSPS) is 19.0. The van der Waals surface area contributed by atoms with Gasteiger partial charge in [-0.1, -0.05) is 0 Å². The number of rotatable bonds is 3. The van der Waals surface area contributed by atoms with Crippen molar-refractivity contribution in [1.29, 1.82) is 0 Å². The molecule has 1 aliphatic heterocycles. The quantitative estimate of drug-likeness (QED) is 0.898. The first kappa shape index (κ1) is 16.2. The van der Waals surface area contributed by atoms with Crippen LogP contribution in [-0.4, -0.2) is 55.4 Å². The molecule has 3 rings (SSSR count). The standard InChI is InChI=1S/C14H17N3O4S2/c1-9-3-4-11(22-9)14(18)17-5-6-21-8-10(17)13-12(7-15-16-13)23(2,19)20/h3-4,7,10H,5-6,8H2,1-2H3,(H,15,16). The largest absolute Gasteiger partial charge is 0.377 e. The molecule has 7 nitrogen and oxygen atoms in total. The fourth-order valence-electron chi connectivity index (χ4n) is 2.60. The van der Waals surface area contributed by atoms with E-state index in [1.54, 1.807) is 11.0 Å². The minimum atomic E-state index is -3.43. The van der Waals surface area contributed by atoms with Gasteiger partial charge in [-0.05, 0) is 19.1 Å². The van der Waals surface area contributed by atoms with Gasteiger partial charge in [-0.15, -0.1) is 11.3 Å². The molecule has 1 fully saturated rings. The molecule has 23 heavy (non-hydrogen) atoms. The second kappa shape index (κ2) is 6.06. The molecule has 3 heterocycles. The van der Waals surface area contributed by atoms with Gasteiger partial charge in [0.1, 0.15) is 4.90 Å². The van der Waals surface area contributed by atoms with Gasteiger partial charge in [-0.2, -0.15) is 5.10 Å². The Morgan fingerprint density at radius 3 is 2.91 bits per heavy atom. The number of thiophene rings is 1. The number of amides is 1. The van der Waals surface area contributed by atoms with Crippen LogP contribution in [0.25, 0.3) is 0 Å². The lowest BCUT2D eigenvalue weighted by Crippen LogP contribution is -2.43. The van der Waals surface area contributed by atoms with E-state index < -0.39 is 15.9 Å². The Balaban J connectivity index is 1.97. The number of aryl methyl sites for hydroxylation is 1. The van der Waals surface area contributed by atoms with E-state index in [4.69, 9.17) is 4.74 Å². The van der Waals surface area contributed by atoms with E-state index in [-0.39, 0.29) is 17.4 Å². The summed E-state index contributed by atoms with van der Waals surface area (Å²) >= 11 is 1.42. The van der Waals surface area contributed by atoms with Crippen molar-refractivity contribution in [3.8, 4) is 0 Å². The fourth-order valence-corrected chi connectivity index (χ4v) is 4.25. The third kappa shape index (κ3) is 3.17. The van der Waals surface area contributed by atoms with Crippen LogP contribution < -0.4 is 0 Å². The highest BCUT2D eigenvalue weighted by Crippen LogP contribution is 2.30. The number of hydrogen-bond acceptors (Lipinski definition) is 6. The van der Waals surface area contributed by atoms with E-state index >= 15 is 0 Å². The van der Waals surface area contributed by atoms with Crippen molar-refractivity contribution in [2.75, 3.05) is 26.0 Å². The number of ether oxygens (including phenoxy) is 1. The van der Waals surface area contributed by atoms with E-state index in [1.807, 2.05) is 13.0 Å². The smallest absolute Gasteiger partial charge is 0.264 e. The first-order chi connectivity index (χ1) is 10.9. The molecule has 1 N–H and O–H groups in total. The van der Waals surface area contributed by atoms with Crippen LogP contribution in [0.1, 0.15) is 26.3 Å². The van der Waals surface area contributed by atoms with E-state index in [1.165, 1.54) is 17.5 Å². The van der Waals surface area contributed by atoms with Crippen molar-refractivity contribution in [3.63, 3.8) is 0 Å². The molecule has 1 atom stereocenters. The Hall–Kier alpha value is -1.71. The lowest BCUT2D eigenvalue weighted by Gasteiger charge is -2.35. The van der Waals surface area contributed by atoms with Crippen LogP contribution in [0, 0.1) is 6.92 Å². The number of sulfone groups is 1. The van der Waals surface area contributed by atoms with Crippen LogP contribution in [-0.2, 0) is 14.6 Å². The molecular weight excluding hydrogens is 338 g/mol. The first-order valence-corrected chi connectivity index (χ1v) is 9.77. The summed E-state index contributed by atoms with van der Waals surface area (Å²) in [4.78, 5) is 16.2. The molecule has 0 aromatic carbocycles. The average Bonchev–Trinajstić information content (AvgIpc) is 3.14. The van der Waals surface area contributed by atoms with Gasteiger partial charge in [0.25, 0.3) is 5.91 Å². The lowest BCUT2D eigenvalue weighted by atomic mass is 10.1. The molecule has 2 aromatic rings. The molecule has 1 saturated heterocycles. The highest BCUT2D eigenvalue weighted by molar-refractivity contribution is 7.90. The van der Waals surface area contributed by atoms with Gasteiger partial charge >= 0.3 is 0 Å². The highest BCUT2D eigenvalue weighted by Gasteiger charge is 2.34. The first-order valence-electron chi connectivity index (χ1n) is 7.06. The Morgan fingerprint density at radius 1 is 1.48 bits per heavy atom. The van der Waals surface area contributed by atoms with Crippen LogP contribution in [0.15, 0.2) is 23.2 Å². The number of aromatic amines is 1. The van der Waals surface area contributed by atoms with E-state index in [0.29, 0.717) is 23.7 Å². The zero-order valence-electron chi connectivity index (χ0n) is 12.8. The molecule has 0 spiro atoms. The van der Waals surface area contributed by atoms with Crippen molar-refractivity contribution in [2.45, 2.75) is 17.9 Å².